The van der Waals surface area contributed by atoms with Gasteiger partial charge in [0.2, 0.25) is 10.7 Å². The Hall–Kier alpha value is -3.16. The molecule has 3 unspecified atom stereocenters. The summed E-state index contributed by atoms with van der Waals surface area (Å²) >= 11 is -2.20. The van der Waals surface area contributed by atoms with Crippen LogP contribution < -0.4 is 10.0 Å². The number of aromatic nitrogens is 1. The second kappa shape index (κ2) is 12.3. The van der Waals surface area contributed by atoms with E-state index in [0.717, 1.165) is 0 Å². The van der Waals surface area contributed by atoms with E-state index in [9.17, 15) is 23.3 Å². The van der Waals surface area contributed by atoms with Gasteiger partial charge in [-0.2, -0.15) is 4.39 Å². The number of carbonyl (C=O) groups excluding carboxylic acids is 3. The minimum Gasteiger partial charge on any atom is -0.593 e. The smallest absolute Gasteiger partial charge is 0.410 e. The van der Waals surface area contributed by atoms with Crippen molar-refractivity contribution in [3.63, 3.8) is 0 Å². The molecular weight excluding hydrogens is 534 g/mol. The molecule has 0 aliphatic carbocycles. The summed E-state index contributed by atoms with van der Waals surface area (Å²) in [7, 11) is 1.42. The van der Waals surface area contributed by atoms with E-state index < -0.39 is 58.5 Å². The van der Waals surface area contributed by atoms with Crippen molar-refractivity contribution in [1.29, 1.82) is 0 Å². The van der Waals surface area contributed by atoms with E-state index >= 15 is 4.39 Å². The fourth-order valence-electron chi connectivity index (χ4n) is 4.17. The SMILES string of the molecule is CCOC(=O)C1CCN(C(=O)OC(C)(C)C)CC1N[S+]([O-])c1cn(C)c(C(=O)Nc2ccc(F)c(C)c2)c1F. The summed E-state index contributed by atoms with van der Waals surface area (Å²) < 4.78 is 56.8. The Balaban J connectivity index is 1.80. The first-order chi connectivity index (χ1) is 18.2. The first-order valence-corrected chi connectivity index (χ1v) is 13.6. The Kier molecular flexibility index (Phi) is 9.62. The lowest BCUT2D eigenvalue weighted by Crippen LogP contribution is -2.56. The summed E-state index contributed by atoms with van der Waals surface area (Å²) in [5.74, 6) is -3.56. The fraction of sp³-hybridized carbons (Fsp3) is 0.500. The van der Waals surface area contributed by atoms with E-state index in [0.29, 0.717) is 5.56 Å². The van der Waals surface area contributed by atoms with Crippen LogP contribution in [0.15, 0.2) is 29.3 Å². The number of piperidine rings is 1. The molecule has 0 bridgehead atoms. The number of aryl methyl sites for hydroxylation is 2. The van der Waals surface area contributed by atoms with Crippen LogP contribution in [0.2, 0.25) is 0 Å². The van der Waals surface area contributed by atoms with Gasteiger partial charge >= 0.3 is 12.1 Å². The van der Waals surface area contributed by atoms with Crippen LogP contribution in [0.5, 0.6) is 0 Å². The van der Waals surface area contributed by atoms with Crippen molar-refractivity contribution in [2.45, 2.75) is 57.6 Å². The number of nitrogens with one attached hydrogen (secondary N) is 2. The zero-order chi connectivity index (χ0) is 29.1. The Morgan fingerprint density at radius 1 is 1.23 bits per heavy atom. The largest absolute Gasteiger partial charge is 0.593 e. The lowest BCUT2D eigenvalue weighted by molar-refractivity contribution is -0.150. The topological polar surface area (TPSA) is 125 Å². The number of esters is 1. The van der Waals surface area contributed by atoms with Crippen LogP contribution in [0.4, 0.5) is 19.3 Å². The molecule has 39 heavy (non-hydrogen) atoms. The average molecular weight is 569 g/mol. The van der Waals surface area contributed by atoms with Crippen molar-refractivity contribution in [3.05, 3.63) is 47.3 Å². The molecule has 1 aromatic heterocycles. The highest BCUT2D eigenvalue weighted by Gasteiger charge is 2.41. The highest BCUT2D eigenvalue weighted by atomic mass is 32.2. The van der Waals surface area contributed by atoms with Crippen LogP contribution >= 0.6 is 0 Å². The van der Waals surface area contributed by atoms with Crippen LogP contribution in [0.25, 0.3) is 0 Å². The van der Waals surface area contributed by atoms with Gasteiger partial charge in [0.15, 0.2) is 0 Å². The number of halogens is 2. The molecule has 0 spiro atoms. The number of likely N-dealkylation sites (tertiary alicyclic amines) is 1. The van der Waals surface area contributed by atoms with E-state index in [1.165, 1.54) is 47.8 Å². The van der Waals surface area contributed by atoms with E-state index in [4.69, 9.17) is 9.47 Å². The number of nitrogens with zero attached hydrogens (tertiary/aromatic N) is 2. The summed E-state index contributed by atoms with van der Waals surface area (Å²) in [5, 5.41) is 2.51. The third-order valence-corrected chi connectivity index (χ3v) is 7.23. The number of anilines is 1. The molecular formula is C26H34F2N4O6S. The monoisotopic (exact) mass is 568 g/mol. The summed E-state index contributed by atoms with van der Waals surface area (Å²) in [4.78, 5) is 39.2. The number of ether oxygens (including phenoxy) is 2. The van der Waals surface area contributed by atoms with Gasteiger partial charge < -0.3 is 28.8 Å². The minimum atomic E-state index is -2.20. The first kappa shape index (κ1) is 30.4. The summed E-state index contributed by atoms with van der Waals surface area (Å²) in [6, 6.07) is 3.09. The van der Waals surface area contributed by atoms with Crippen LogP contribution in [0.3, 0.4) is 0 Å². The maximum absolute atomic E-state index is 15.4. The van der Waals surface area contributed by atoms with Gasteiger partial charge in [-0.1, -0.05) is 0 Å². The molecule has 214 valence electrons. The molecule has 2 amide bonds. The van der Waals surface area contributed by atoms with Crippen LogP contribution in [0, 0.1) is 24.5 Å². The maximum atomic E-state index is 15.4. The van der Waals surface area contributed by atoms with Gasteiger partial charge in [0.25, 0.3) is 5.91 Å². The van der Waals surface area contributed by atoms with Crippen molar-refractivity contribution >= 4 is 35.0 Å². The maximum Gasteiger partial charge on any atom is 0.410 e. The average Bonchev–Trinajstić information content (AvgIpc) is 3.14. The minimum absolute atomic E-state index is 0.0319. The number of hydrogen-bond acceptors (Lipinski definition) is 7. The summed E-state index contributed by atoms with van der Waals surface area (Å²) in [6.07, 6.45) is 0.828. The molecule has 3 atom stereocenters. The Morgan fingerprint density at radius 3 is 2.54 bits per heavy atom. The molecule has 0 saturated carbocycles. The van der Waals surface area contributed by atoms with Gasteiger partial charge in [-0.3, -0.25) is 9.59 Å². The molecule has 1 aliphatic rings. The highest BCUT2D eigenvalue weighted by molar-refractivity contribution is 7.89. The highest BCUT2D eigenvalue weighted by Crippen LogP contribution is 2.26. The zero-order valence-corrected chi connectivity index (χ0v) is 23.6. The quantitative estimate of drug-likeness (QED) is 0.386. The normalized spacial score (nSPS) is 18.4. The van der Waals surface area contributed by atoms with Crippen LogP contribution in [0.1, 0.15) is 50.2 Å². The predicted molar refractivity (Wildman–Crippen MR) is 140 cm³/mol. The molecule has 2 aromatic rings. The molecule has 1 saturated heterocycles. The number of amides is 2. The van der Waals surface area contributed by atoms with Gasteiger partial charge in [0.1, 0.15) is 17.1 Å². The van der Waals surface area contributed by atoms with Crippen molar-refractivity contribution in [2.24, 2.45) is 13.0 Å². The molecule has 3 rings (SSSR count). The van der Waals surface area contributed by atoms with E-state index in [1.807, 2.05) is 0 Å². The molecule has 1 aliphatic heterocycles. The van der Waals surface area contributed by atoms with Crippen LogP contribution in [-0.2, 0) is 32.7 Å². The number of hydrogen-bond donors (Lipinski definition) is 2. The third kappa shape index (κ3) is 7.49. The first-order valence-electron chi connectivity index (χ1n) is 12.5. The molecule has 0 radical (unpaired) electrons. The summed E-state index contributed by atoms with van der Waals surface area (Å²) in [5.41, 5.74) is -0.558. The van der Waals surface area contributed by atoms with E-state index in [-0.39, 0.29) is 42.4 Å². The lowest BCUT2D eigenvalue weighted by Gasteiger charge is -2.37. The third-order valence-electron chi connectivity index (χ3n) is 6.03. The second-order valence-electron chi connectivity index (χ2n) is 10.3. The number of rotatable bonds is 7. The Bertz CT molecular complexity index is 1230. The van der Waals surface area contributed by atoms with Gasteiger partial charge in [-0.15, -0.1) is 4.72 Å². The van der Waals surface area contributed by atoms with Gasteiger partial charge in [-0.05, 0) is 64.8 Å². The fourth-order valence-corrected chi connectivity index (χ4v) is 5.32. The van der Waals surface area contributed by atoms with E-state index in [1.54, 1.807) is 27.7 Å². The van der Waals surface area contributed by atoms with E-state index in [2.05, 4.69) is 10.0 Å². The van der Waals surface area contributed by atoms with Crippen molar-refractivity contribution in [3.8, 4) is 0 Å². The molecule has 10 nitrogen and oxygen atoms in total. The Morgan fingerprint density at radius 2 is 1.92 bits per heavy atom. The zero-order valence-electron chi connectivity index (χ0n) is 22.8. The molecule has 2 N–H and O–H groups in total. The second-order valence-corrected chi connectivity index (χ2v) is 11.5. The Labute approximate surface area is 229 Å². The number of benzene rings is 1. The van der Waals surface area contributed by atoms with Gasteiger partial charge in [0, 0.05) is 25.8 Å². The van der Waals surface area contributed by atoms with Crippen molar-refractivity contribution in [1.82, 2.24) is 14.2 Å². The predicted octanol–water partition coefficient (Wildman–Crippen LogP) is 3.66. The standard InChI is InChI=1S/C26H34F2N4O6S/c1-7-37-24(34)17-10-11-32(25(35)38-26(3,4)5)13-19(17)30-39(36)20-14-31(6)22(21(20)28)23(33)29-16-8-9-18(27)15(2)12-16/h8-9,12,14,17,19,30H,7,10-11,13H2,1-6H3,(H,29,33). The summed E-state index contributed by atoms with van der Waals surface area (Å²) in [6.45, 7) is 8.69. The lowest BCUT2D eigenvalue weighted by atomic mass is 9.92. The van der Waals surface area contributed by atoms with Gasteiger partial charge in [-0.25, -0.2) is 9.18 Å². The molecule has 1 fully saturated rings. The van der Waals surface area contributed by atoms with Crippen molar-refractivity contribution in [2.75, 3.05) is 25.0 Å². The molecule has 1 aromatic carbocycles. The molecule has 2 heterocycles. The van der Waals surface area contributed by atoms with Crippen LogP contribution in [-0.4, -0.2) is 63.3 Å². The number of carbonyl (C=O) groups is 3. The van der Waals surface area contributed by atoms with Gasteiger partial charge in [0.05, 0.1) is 36.1 Å². The molecule has 13 heteroatoms. The van der Waals surface area contributed by atoms with Crippen molar-refractivity contribution < 1.29 is 37.2 Å².